The number of aryl methyl sites for hydroxylation is 3. The molecule has 0 spiro atoms. The van der Waals surface area contributed by atoms with Crippen LogP contribution < -0.4 is 4.74 Å². The highest BCUT2D eigenvalue weighted by atomic mass is 32.2. The monoisotopic (exact) mass is 431 g/mol. The Balaban J connectivity index is 1.94. The molecule has 158 valence electrons. The van der Waals surface area contributed by atoms with Crippen LogP contribution in [0.25, 0.3) is 22.4 Å². The van der Waals surface area contributed by atoms with Crippen LogP contribution >= 0.6 is 0 Å². The van der Waals surface area contributed by atoms with E-state index >= 15 is 0 Å². The van der Waals surface area contributed by atoms with E-state index in [4.69, 9.17) is 4.74 Å². The van der Waals surface area contributed by atoms with Crippen LogP contribution in [0, 0.1) is 20.8 Å². The number of methoxy groups -OCH3 is 1. The largest absolute Gasteiger partial charge is 0.497 e. The predicted molar refractivity (Wildman–Crippen MR) is 125 cm³/mol. The number of ether oxygens (including phenoxy) is 1. The zero-order valence-corrected chi connectivity index (χ0v) is 18.9. The minimum atomic E-state index is -3.78. The molecule has 3 aromatic carbocycles. The Labute approximate surface area is 183 Å². The molecule has 0 N–H and O–H groups in total. The summed E-state index contributed by atoms with van der Waals surface area (Å²) in [6.45, 7) is 5.93. The molecule has 1 aromatic heterocycles. The molecule has 5 heteroatoms. The standard InChI is InChI=1S/C26H25NO3S/c1-18-5-9-21(10-6-18)22-16-26(25-14-11-23(30-4)15-20(25)3)27(17-22)31(28,29)24-12-7-19(2)8-13-24/h5-17H,1-4H3. The maximum atomic E-state index is 13.6. The first-order valence-electron chi connectivity index (χ1n) is 10.1. The van der Waals surface area contributed by atoms with Crippen molar-refractivity contribution in [2.24, 2.45) is 0 Å². The Bertz CT molecular complexity index is 1330. The van der Waals surface area contributed by atoms with Gasteiger partial charge >= 0.3 is 0 Å². The van der Waals surface area contributed by atoms with Gasteiger partial charge in [-0.05, 0) is 68.3 Å². The molecule has 0 aliphatic heterocycles. The zero-order chi connectivity index (χ0) is 22.2. The quantitative estimate of drug-likeness (QED) is 0.390. The molecule has 4 nitrogen and oxygen atoms in total. The smallest absolute Gasteiger partial charge is 0.268 e. The topological polar surface area (TPSA) is 48.3 Å². The maximum absolute atomic E-state index is 13.6. The second-order valence-electron chi connectivity index (χ2n) is 7.77. The van der Waals surface area contributed by atoms with E-state index in [1.54, 1.807) is 25.4 Å². The summed E-state index contributed by atoms with van der Waals surface area (Å²) in [5.41, 5.74) is 6.39. The average Bonchev–Trinajstić information content (AvgIpc) is 3.20. The van der Waals surface area contributed by atoms with Gasteiger partial charge in [0, 0.05) is 17.3 Å². The van der Waals surface area contributed by atoms with E-state index in [1.807, 2.05) is 81.4 Å². The molecular weight excluding hydrogens is 406 g/mol. The van der Waals surface area contributed by atoms with Crippen molar-refractivity contribution in [3.05, 3.63) is 95.7 Å². The number of hydrogen-bond acceptors (Lipinski definition) is 3. The third-order valence-corrected chi connectivity index (χ3v) is 7.15. The summed E-state index contributed by atoms with van der Waals surface area (Å²) >= 11 is 0. The van der Waals surface area contributed by atoms with Gasteiger partial charge in [0.05, 0.1) is 17.7 Å². The van der Waals surface area contributed by atoms with Crippen LogP contribution in [0.3, 0.4) is 0 Å². The third-order valence-electron chi connectivity index (χ3n) is 5.46. The summed E-state index contributed by atoms with van der Waals surface area (Å²) in [7, 11) is -2.16. The van der Waals surface area contributed by atoms with E-state index in [0.717, 1.165) is 39.1 Å². The minimum absolute atomic E-state index is 0.261. The highest BCUT2D eigenvalue weighted by molar-refractivity contribution is 7.90. The van der Waals surface area contributed by atoms with Crippen molar-refractivity contribution in [3.8, 4) is 28.1 Å². The lowest BCUT2D eigenvalue weighted by atomic mass is 10.0. The van der Waals surface area contributed by atoms with Crippen LogP contribution in [0.1, 0.15) is 16.7 Å². The number of nitrogens with zero attached hydrogens (tertiary/aromatic N) is 1. The van der Waals surface area contributed by atoms with Gasteiger partial charge in [-0.3, -0.25) is 0 Å². The Hall–Kier alpha value is -3.31. The molecule has 4 aromatic rings. The van der Waals surface area contributed by atoms with E-state index in [-0.39, 0.29) is 4.90 Å². The molecule has 0 saturated carbocycles. The highest BCUT2D eigenvalue weighted by Gasteiger charge is 2.23. The first-order valence-corrected chi connectivity index (χ1v) is 11.5. The number of hydrogen-bond donors (Lipinski definition) is 0. The molecule has 0 unspecified atom stereocenters. The fourth-order valence-corrected chi connectivity index (χ4v) is 4.99. The van der Waals surface area contributed by atoms with Crippen molar-refractivity contribution in [2.45, 2.75) is 25.7 Å². The first kappa shape index (κ1) is 20.9. The van der Waals surface area contributed by atoms with Crippen LogP contribution in [-0.4, -0.2) is 19.5 Å². The van der Waals surface area contributed by atoms with E-state index in [9.17, 15) is 8.42 Å². The van der Waals surface area contributed by atoms with Gasteiger partial charge in [-0.25, -0.2) is 12.4 Å². The molecule has 4 rings (SSSR count). The van der Waals surface area contributed by atoms with Gasteiger partial charge in [0.1, 0.15) is 5.75 Å². The van der Waals surface area contributed by atoms with Gasteiger partial charge in [0.25, 0.3) is 10.0 Å². The van der Waals surface area contributed by atoms with Crippen LogP contribution in [-0.2, 0) is 10.0 Å². The fourth-order valence-electron chi connectivity index (χ4n) is 3.62. The predicted octanol–water partition coefficient (Wildman–Crippen LogP) is 5.99. The molecule has 31 heavy (non-hydrogen) atoms. The summed E-state index contributed by atoms with van der Waals surface area (Å²) in [5.74, 6) is 0.736. The molecule has 0 saturated heterocycles. The highest BCUT2D eigenvalue weighted by Crippen LogP contribution is 2.34. The van der Waals surface area contributed by atoms with Gasteiger partial charge in [-0.2, -0.15) is 0 Å². The Morgan fingerprint density at radius 3 is 1.94 bits per heavy atom. The van der Waals surface area contributed by atoms with Crippen LogP contribution in [0.2, 0.25) is 0 Å². The Morgan fingerprint density at radius 2 is 1.35 bits per heavy atom. The fraction of sp³-hybridized carbons (Fsp3) is 0.154. The second kappa shape index (κ2) is 8.08. The summed E-state index contributed by atoms with van der Waals surface area (Å²) in [6, 6.07) is 22.6. The van der Waals surface area contributed by atoms with Crippen molar-refractivity contribution in [1.82, 2.24) is 3.97 Å². The van der Waals surface area contributed by atoms with Gasteiger partial charge in [-0.15, -0.1) is 0 Å². The molecular formula is C26H25NO3S. The second-order valence-corrected chi connectivity index (χ2v) is 9.59. The lowest BCUT2D eigenvalue weighted by Crippen LogP contribution is -2.13. The van der Waals surface area contributed by atoms with Crippen molar-refractivity contribution >= 4 is 10.0 Å². The summed E-state index contributed by atoms with van der Waals surface area (Å²) in [5, 5.41) is 0. The molecule has 0 fully saturated rings. The molecule has 0 atom stereocenters. The average molecular weight is 432 g/mol. The Kier molecular flexibility index (Phi) is 5.46. The van der Waals surface area contributed by atoms with Gasteiger partial charge in [-0.1, -0.05) is 47.5 Å². The molecule has 1 heterocycles. The van der Waals surface area contributed by atoms with Crippen LogP contribution in [0.15, 0.2) is 83.9 Å². The minimum Gasteiger partial charge on any atom is -0.497 e. The third kappa shape index (κ3) is 4.01. The normalized spacial score (nSPS) is 11.5. The number of aromatic nitrogens is 1. The van der Waals surface area contributed by atoms with Crippen molar-refractivity contribution in [1.29, 1.82) is 0 Å². The van der Waals surface area contributed by atoms with E-state index in [2.05, 4.69) is 0 Å². The lowest BCUT2D eigenvalue weighted by Gasteiger charge is -2.13. The SMILES string of the molecule is COc1ccc(-c2cc(-c3ccc(C)cc3)cn2S(=O)(=O)c2ccc(C)cc2)c(C)c1. The number of benzene rings is 3. The zero-order valence-electron chi connectivity index (χ0n) is 18.1. The molecule has 0 bridgehead atoms. The first-order chi connectivity index (χ1) is 14.8. The lowest BCUT2D eigenvalue weighted by molar-refractivity contribution is 0.414. The van der Waals surface area contributed by atoms with E-state index < -0.39 is 10.0 Å². The molecule has 0 amide bonds. The van der Waals surface area contributed by atoms with Crippen molar-refractivity contribution in [3.63, 3.8) is 0 Å². The Morgan fingerprint density at radius 1 is 0.742 bits per heavy atom. The van der Waals surface area contributed by atoms with Gasteiger partial charge < -0.3 is 4.74 Å². The van der Waals surface area contributed by atoms with E-state index in [0.29, 0.717) is 5.69 Å². The molecule has 0 aliphatic carbocycles. The van der Waals surface area contributed by atoms with Crippen LogP contribution in [0.5, 0.6) is 5.75 Å². The summed E-state index contributed by atoms with van der Waals surface area (Å²) < 4.78 is 33.9. The maximum Gasteiger partial charge on any atom is 0.268 e. The summed E-state index contributed by atoms with van der Waals surface area (Å²) in [4.78, 5) is 0.261. The van der Waals surface area contributed by atoms with Crippen molar-refractivity contribution < 1.29 is 13.2 Å². The number of rotatable bonds is 5. The van der Waals surface area contributed by atoms with Crippen molar-refractivity contribution in [2.75, 3.05) is 7.11 Å². The summed E-state index contributed by atoms with van der Waals surface area (Å²) in [6.07, 6.45) is 1.71. The van der Waals surface area contributed by atoms with E-state index in [1.165, 1.54) is 3.97 Å². The molecule has 0 aliphatic rings. The molecule has 0 radical (unpaired) electrons. The van der Waals surface area contributed by atoms with Gasteiger partial charge in [0.2, 0.25) is 0 Å². The van der Waals surface area contributed by atoms with Crippen LogP contribution in [0.4, 0.5) is 0 Å². The van der Waals surface area contributed by atoms with Gasteiger partial charge in [0.15, 0.2) is 0 Å².